The summed E-state index contributed by atoms with van der Waals surface area (Å²) in [6, 6.07) is 10.9. The van der Waals surface area contributed by atoms with E-state index in [2.05, 4.69) is 43.3 Å². The minimum atomic E-state index is -0.719. The number of hydrogen-bond acceptors (Lipinski definition) is 5. The molecule has 5 rings (SSSR count). The van der Waals surface area contributed by atoms with Crippen LogP contribution >= 0.6 is 11.8 Å². The smallest absolute Gasteiger partial charge is 0.234 e. The molecule has 8 heteroatoms. The van der Waals surface area contributed by atoms with E-state index in [1.54, 1.807) is 0 Å². The molecular weight excluding hydrogens is 408 g/mol. The second kappa shape index (κ2) is 8.04. The van der Waals surface area contributed by atoms with Crippen LogP contribution in [0.3, 0.4) is 0 Å². The number of fused-ring (bicyclic) bond motifs is 1. The number of aromatic amines is 1. The van der Waals surface area contributed by atoms with E-state index in [9.17, 15) is 10.1 Å². The Morgan fingerprint density at radius 1 is 1.29 bits per heavy atom. The SMILES string of the molecule is C[C@@H](Sc1nnc(-c2c[nH]c3ccccc23)n1C1CC1)C(=O)NC1(C#N)CCCCC1. The largest absolute Gasteiger partial charge is 0.360 e. The van der Waals surface area contributed by atoms with Crippen LogP contribution in [-0.2, 0) is 4.79 Å². The zero-order valence-corrected chi connectivity index (χ0v) is 18.4. The number of nitrogens with zero attached hydrogens (tertiary/aromatic N) is 4. The molecule has 0 saturated heterocycles. The lowest BCUT2D eigenvalue weighted by Crippen LogP contribution is -2.51. The standard InChI is InChI=1S/C23H26N6OS/c1-15(21(30)26-23(14-24)11-5-2-6-12-23)31-22-28-27-20(29(22)16-9-10-16)18-13-25-19-8-4-3-7-17(18)19/h3-4,7-8,13,15-16,25H,2,5-6,9-12H2,1H3,(H,26,30)/t15-/m1/s1. The van der Waals surface area contributed by atoms with Gasteiger partial charge >= 0.3 is 0 Å². The van der Waals surface area contributed by atoms with Gasteiger partial charge in [-0.15, -0.1) is 10.2 Å². The number of hydrogen-bond donors (Lipinski definition) is 2. The number of amides is 1. The summed E-state index contributed by atoms with van der Waals surface area (Å²) in [5, 5.41) is 23.2. The number of carbonyl (C=O) groups is 1. The summed E-state index contributed by atoms with van der Waals surface area (Å²) < 4.78 is 2.19. The first-order chi connectivity index (χ1) is 15.1. The highest BCUT2D eigenvalue weighted by Gasteiger charge is 2.36. The first kappa shape index (κ1) is 20.1. The Bertz CT molecular complexity index is 1150. The molecule has 0 spiro atoms. The fourth-order valence-corrected chi connectivity index (χ4v) is 5.35. The van der Waals surface area contributed by atoms with Crippen LogP contribution in [0, 0.1) is 11.3 Å². The van der Waals surface area contributed by atoms with Gasteiger partial charge in [-0.3, -0.25) is 9.36 Å². The molecule has 2 aliphatic rings. The minimum Gasteiger partial charge on any atom is -0.360 e. The van der Waals surface area contributed by atoms with E-state index < -0.39 is 5.54 Å². The van der Waals surface area contributed by atoms with E-state index in [1.165, 1.54) is 11.8 Å². The predicted molar refractivity (Wildman–Crippen MR) is 120 cm³/mol. The lowest BCUT2D eigenvalue weighted by Gasteiger charge is -2.32. The second-order valence-corrected chi connectivity index (χ2v) is 9.97. The third-order valence-electron chi connectivity index (χ3n) is 6.34. The van der Waals surface area contributed by atoms with Crippen LogP contribution in [0.5, 0.6) is 0 Å². The summed E-state index contributed by atoms with van der Waals surface area (Å²) in [5.74, 6) is 0.739. The van der Waals surface area contributed by atoms with E-state index >= 15 is 0 Å². The van der Waals surface area contributed by atoms with Gasteiger partial charge in [0.2, 0.25) is 5.91 Å². The average Bonchev–Trinajstić information content (AvgIpc) is 3.41. The number of rotatable bonds is 6. The molecule has 2 N–H and O–H groups in total. The number of benzene rings is 1. The van der Waals surface area contributed by atoms with E-state index in [-0.39, 0.29) is 11.2 Å². The fourth-order valence-electron chi connectivity index (χ4n) is 4.43. The maximum atomic E-state index is 12.9. The lowest BCUT2D eigenvalue weighted by molar-refractivity contribution is -0.121. The van der Waals surface area contributed by atoms with Gasteiger partial charge in [0.05, 0.1) is 11.3 Å². The van der Waals surface area contributed by atoms with Crippen LogP contribution in [-0.4, -0.2) is 36.4 Å². The van der Waals surface area contributed by atoms with Crippen molar-refractivity contribution in [2.24, 2.45) is 0 Å². The van der Waals surface area contributed by atoms with Gasteiger partial charge in [0.25, 0.3) is 0 Å². The van der Waals surface area contributed by atoms with Gasteiger partial charge in [0.1, 0.15) is 5.54 Å². The molecule has 1 amide bonds. The maximum absolute atomic E-state index is 12.9. The Hall–Kier alpha value is -2.79. The molecule has 2 saturated carbocycles. The molecule has 2 fully saturated rings. The van der Waals surface area contributed by atoms with Crippen LogP contribution < -0.4 is 5.32 Å². The topological polar surface area (TPSA) is 99.4 Å². The van der Waals surface area contributed by atoms with Gasteiger partial charge < -0.3 is 10.3 Å². The molecule has 3 aromatic rings. The van der Waals surface area contributed by atoms with Gasteiger partial charge in [0.15, 0.2) is 11.0 Å². The highest BCUT2D eigenvalue weighted by atomic mass is 32.2. The number of aromatic nitrogens is 4. The summed E-state index contributed by atoms with van der Waals surface area (Å²) in [7, 11) is 0. The Morgan fingerprint density at radius 2 is 2.06 bits per heavy atom. The summed E-state index contributed by atoms with van der Waals surface area (Å²) in [6.07, 6.45) is 8.74. The van der Waals surface area contributed by atoms with E-state index in [0.717, 1.165) is 72.4 Å². The van der Waals surface area contributed by atoms with Crippen molar-refractivity contribution < 1.29 is 4.79 Å². The molecule has 2 heterocycles. The van der Waals surface area contributed by atoms with Gasteiger partial charge in [0, 0.05) is 28.7 Å². The number of nitrogens with one attached hydrogen (secondary N) is 2. The van der Waals surface area contributed by atoms with Crippen LogP contribution in [0.2, 0.25) is 0 Å². The average molecular weight is 435 g/mol. The van der Waals surface area contributed by atoms with Gasteiger partial charge in [-0.25, -0.2) is 0 Å². The second-order valence-electron chi connectivity index (χ2n) is 8.66. The molecule has 2 aromatic heterocycles. The van der Waals surface area contributed by atoms with Crippen molar-refractivity contribution in [3.05, 3.63) is 30.5 Å². The number of H-pyrrole nitrogens is 1. The molecule has 1 aromatic carbocycles. The monoisotopic (exact) mass is 434 g/mol. The zero-order chi connectivity index (χ0) is 21.4. The first-order valence-electron chi connectivity index (χ1n) is 11.0. The number of thioether (sulfide) groups is 1. The summed E-state index contributed by atoms with van der Waals surface area (Å²) >= 11 is 1.43. The summed E-state index contributed by atoms with van der Waals surface area (Å²) in [6.45, 7) is 1.88. The molecule has 0 aliphatic heterocycles. The van der Waals surface area contributed by atoms with Crippen LogP contribution in [0.4, 0.5) is 0 Å². The predicted octanol–water partition coefficient (Wildman–Crippen LogP) is 4.58. The molecule has 2 aliphatic carbocycles. The Morgan fingerprint density at radius 3 is 2.81 bits per heavy atom. The quantitative estimate of drug-likeness (QED) is 0.553. The van der Waals surface area contributed by atoms with E-state index in [4.69, 9.17) is 0 Å². The van der Waals surface area contributed by atoms with Crippen molar-refractivity contribution in [2.45, 2.75) is 73.9 Å². The van der Waals surface area contributed by atoms with Crippen LogP contribution in [0.25, 0.3) is 22.3 Å². The third kappa shape index (κ3) is 3.83. The molecule has 31 heavy (non-hydrogen) atoms. The first-order valence-corrected chi connectivity index (χ1v) is 11.9. The maximum Gasteiger partial charge on any atom is 0.234 e. The van der Waals surface area contributed by atoms with Crippen molar-refractivity contribution in [3.63, 3.8) is 0 Å². The Kier molecular flexibility index (Phi) is 5.22. The van der Waals surface area contributed by atoms with Crippen molar-refractivity contribution in [3.8, 4) is 17.5 Å². The molecule has 160 valence electrons. The summed E-state index contributed by atoms with van der Waals surface area (Å²) in [4.78, 5) is 16.3. The Balaban J connectivity index is 1.39. The minimum absolute atomic E-state index is 0.104. The summed E-state index contributed by atoms with van der Waals surface area (Å²) in [5.41, 5.74) is 1.38. The van der Waals surface area contributed by atoms with Gasteiger partial charge in [-0.2, -0.15) is 5.26 Å². The van der Waals surface area contributed by atoms with Crippen LogP contribution in [0.15, 0.2) is 35.6 Å². The van der Waals surface area contributed by atoms with Crippen molar-refractivity contribution in [2.75, 3.05) is 0 Å². The molecular formula is C23H26N6OS. The molecule has 0 bridgehead atoms. The van der Waals surface area contributed by atoms with Gasteiger partial charge in [-0.1, -0.05) is 49.2 Å². The lowest BCUT2D eigenvalue weighted by atomic mass is 9.83. The van der Waals surface area contributed by atoms with Crippen molar-refractivity contribution >= 4 is 28.6 Å². The van der Waals surface area contributed by atoms with E-state index in [1.807, 2.05) is 25.3 Å². The number of para-hydroxylation sites is 1. The highest BCUT2D eigenvalue weighted by molar-refractivity contribution is 8.00. The van der Waals surface area contributed by atoms with Crippen molar-refractivity contribution in [1.82, 2.24) is 25.1 Å². The fraction of sp³-hybridized carbons (Fsp3) is 0.478. The normalized spacial score (nSPS) is 19.1. The van der Waals surface area contributed by atoms with E-state index in [0.29, 0.717) is 6.04 Å². The molecule has 7 nitrogen and oxygen atoms in total. The zero-order valence-electron chi connectivity index (χ0n) is 17.6. The Labute approximate surface area is 185 Å². The number of carbonyl (C=O) groups excluding carboxylic acids is 1. The molecule has 1 atom stereocenters. The highest BCUT2D eigenvalue weighted by Crippen LogP contribution is 2.43. The third-order valence-corrected chi connectivity index (χ3v) is 7.40. The number of nitriles is 1. The molecule has 0 unspecified atom stereocenters. The van der Waals surface area contributed by atoms with Gasteiger partial charge in [-0.05, 0) is 38.7 Å². The molecule has 0 radical (unpaired) electrons. The van der Waals surface area contributed by atoms with Crippen LogP contribution in [0.1, 0.15) is 57.9 Å². The van der Waals surface area contributed by atoms with Crippen molar-refractivity contribution in [1.29, 1.82) is 5.26 Å².